The fourth-order valence-electron chi connectivity index (χ4n) is 4.27. The molecule has 0 aliphatic carbocycles. The first-order chi connectivity index (χ1) is 15.1. The van der Waals surface area contributed by atoms with Crippen LogP contribution in [0.1, 0.15) is 58.2 Å². The molecule has 0 unspecified atom stereocenters. The molecule has 0 aromatic heterocycles. The van der Waals surface area contributed by atoms with Crippen LogP contribution in [-0.4, -0.2) is 27.8 Å². The molecule has 0 radical (unpaired) electrons. The van der Waals surface area contributed by atoms with Crippen molar-refractivity contribution in [3.63, 3.8) is 0 Å². The number of phenolic OH excluding ortho intramolecular Hbond substituents is 2. The molecule has 5 rings (SSSR count). The zero-order valence-corrected chi connectivity index (χ0v) is 17.6. The van der Waals surface area contributed by atoms with Crippen molar-refractivity contribution < 1.29 is 34.0 Å². The van der Waals surface area contributed by atoms with Gasteiger partial charge < -0.3 is 24.4 Å². The molecular weight excluding hydrogens is 412 g/mol. The van der Waals surface area contributed by atoms with Crippen LogP contribution < -0.4 is 4.74 Å². The number of ether oxygens (including phenoxy) is 3. The summed E-state index contributed by atoms with van der Waals surface area (Å²) in [6.07, 6.45) is 0. The molecule has 2 heterocycles. The number of carbonyl (C=O) groups is 2. The topological polar surface area (TPSA) is 102 Å². The number of phenols is 2. The first-order valence-corrected chi connectivity index (χ1v) is 10.1. The van der Waals surface area contributed by atoms with E-state index in [1.807, 2.05) is 0 Å². The molecule has 7 heteroatoms. The van der Waals surface area contributed by atoms with Crippen LogP contribution in [0.2, 0.25) is 0 Å². The van der Waals surface area contributed by atoms with Gasteiger partial charge in [-0.3, -0.25) is 0 Å². The van der Waals surface area contributed by atoms with Crippen LogP contribution in [0.25, 0.3) is 0 Å². The average Bonchev–Trinajstić information content (AvgIpc) is 2.99. The van der Waals surface area contributed by atoms with Gasteiger partial charge in [0, 0.05) is 28.8 Å². The Labute approximate surface area is 183 Å². The van der Waals surface area contributed by atoms with E-state index in [-0.39, 0.29) is 34.1 Å². The largest absolute Gasteiger partial charge is 0.508 e. The molecule has 3 aromatic carbocycles. The van der Waals surface area contributed by atoms with Crippen molar-refractivity contribution in [2.75, 3.05) is 0 Å². The van der Waals surface area contributed by atoms with Crippen LogP contribution in [0.3, 0.4) is 0 Å². The van der Waals surface area contributed by atoms with Gasteiger partial charge in [0.2, 0.25) is 0 Å². The predicted molar refractivity (Wildman–Crippen MR) is 113 cm³/mol. The van der Waals surface area contributed by atoms with Gasteiger partial charge in [0.15, 0.2) is 5.60 Å². The highest BCUT2D eigenvalue weighted by Gasteiger charge is 2.55. The van der Waals surface area contributed by atoms with E-state index in [4.69, 9.17) is 14.2 Å². The lowest BCUT2D eigenvalue weighted by atomic mass is 9.75. The molecule has 0 amide bonds. The Bertz CT molecular complexity index is 1250. The summed E-state index contributed by atoms with van der Waals surface area (Å²) in [5.41, 5.74) is -0.643. The minimum absolute atomic E-state index is 0.0486. The summed E-state index contributed by atoms with van der Waals surface area (Å²) in [5.74, 6) is -0.824. The van der Waals surface area contributed by atoms with Crippen LogP contribution in [0, 0.1) is 0 Å². The van der Waals surface area contributed by atoms with E-state index in [0.717, 1.165) is 0 Å². The van der Waals surface area contributed by atoms with Crippen LogP contribution in [-0.2, 0) is 15.1 Å². The van der Waals surface area contributed by atoms with Crippen LogP contribution >= 0.6 is 0 Å². The number of hydrogen-bond acceptors (Lipinski definition) is 7. The maximum atomic E-state index is 13.2. The first-order valence-electron chi connectivity index (χ1n) is 10.1. The summed E-state index contributed by atoms with van der Waals surface area (Å²) in [6.45, 7) is 5.28. The summed E-state index contributed by atoms with van der Waals surface area (Å²) in [5, 5.41) is 20.1. The Morgan fingerprint density at radius 1 is 0.938 bits per heavy atom. The van der Waals surface area contributed by atoms with Gasteiger partial charge in [-0.25, -0.2) is 9.59 Å². The van der Waals surface area contributed by atoms with E-state index in [1.54, 1.807) is 51.1 Å². The molecule has 2 N–H and O–H groups in total. The van der Waals surface area contributed by atoms with Crippen molar-refractivity contribution in [3.05, 3.63) is 82.4 Å². The standard InChI is InChI=1S/C25H20O7/c1-24(2,3)31-22(28)15-5-4-6-16-21(15)25(32-23(16)29)17-9-7-13(26)11-19(17)30-20-12-14(27)8-10-18(20)25/h4-12,26-27H,1-3H3. The summed E-state index contributed by atoms with van der Waals surface area (Å²) in [4.78, 5) is 26.2. The van der Waals surface area contributed by atoms with E-state index in [2.05, 4.69) is 0 Å². The fourth-order valence-corrected chi connectivity index (χ4v) is 4.27. The number of aromatic hydroxyl groups is 2. The second kappa shape index (κ2) is 6.50. The summed E-state index contributed by atoms with van der Waals surface area (Å²) >= 11 is 0. The van der Waals surface area contributed by atoms with Gasteiger partial charge >= 0.3 is 11.9 Å². The molecule has 0 bridgehead atoms. The molecule has 162 valence electrons. The Morgan fingerprint density at radius 2 is 1.53 bits per heavy atom. The second-order valence-corrected chi connectivity index (χ2v) is 8.76. The lowest BCUT2D eigenvalue weighted by Gasteiger charge is -2.37. The molecule has 1 spiro atoms. The van der Waals surface area contributed by atoms with E-state index in [1.165, 1.54) is 24.3 Å². The highest BCUT2D eigenvalue weighted by atomic mass is 16.6. The monoisotopic (exact) mass is 432 g/mol. The quantitative estimate of drug-likeness (QED) is 0.541. The fraction of sp³-hybridized carbons (Fsp3) is 0.200. The Balaban J connectivity index is 1.86. The number of hydrogen-bond donors (Lipinski definition) is 2. The Kier molecular flexibility index (Phi) is 4.05. The van der Waals surface area contributed by atoms with Crippen molar-refractivity contribution in [1.82, 2.24) is 0 Å². The van der Waals surface area contributed by atoms with E-state index in [9.17, 15) is 19.8 Å². The molecule has 0 fully saturated rings. The molecule has 2 aliphatic rings. The second-order valence-electron chi connectivity index (χ2n) is 8.76. The van der Waals surface area contributed by atoms with Crippen molar-refractivity contribution in [2.45, 2.75) is 32.0 Å². The molecule has 2 aliphatic heterocycles. The lowest BCUT2D eigenvalue weighted by Crippen LogP contribution is -2.35. The SMILES string of the molecule is CC(C)(C)OC(=O)c1cccc2c1C1(OC2=O)c2ccc(O)cc2Oc2cc(O)ccc21. The smallest absolute Gasteiger partial charge is 0.340 e. The predicted octanol–water partition coefficient (Wildman–Crippen LogP) is 4.62. The number of rotatable bonds is 1. The Hall–Kier alpha value is -4.00. The Morgan fingerprint density at radius 3 is 2.09 bits per heavy atom. The molecule has 32 heavy (non-hydrogen) atoms. The molecular formula is C25H20O7. The maximum Gasteiger partial charge on any atom is 0.340 e. The van der Waals surface area contributed by atoms with Crippen molar-refractivity contribution in [3.8, 4) is 23.0 Å². The zero-order valence-electron chi connectivity index (χ0n) is 17.6. The highest BCUT2D eigenvalue weighted by molar-refractivity contribution is 6.03. The number of benzene rings is 3. The lowest BCUT2D eigenvalue weighted by molar-refractivity contribution is 0.00496. The normalized spacial score (nSPS) is 15.3. The molecule has 0 saturated carbocycles. The minimum Gasteiger partial charge on any atom is -0.508 e. The van der Waals surface area contributed by atoms with E-state index < -0.39 is 23.1 Å². The van der Waals surface area contributed by atoms with Gasteiger partial charge in [-0.05, 0) is 57.2 Å². The molecule has 7 nitrogen and oxygen atoms in total. The zero-order chi connectivity index (χ0) is 22.8. The van der Waals surface area contributed by atoms with Gasteiger partial charge in [0.05, 0.1) is 11.1 Å². The number of fused-ring (bicyclic) bond motifs is 6. The van der Waals surface area contributed by atoms with Crippen molar-refractivity contribution in [2.24, 2.45) is 0 Å². The molecule has 0 atom stereocenters. The average molecular weight is 432 g/mol. The first kappa shape index (κ1) is 19.9. The van der Waals surface area contributed by atoms with Gasteiger partial charge in [-0.15, -0.1) is 0 Å². The van der Waals surface area contributed by atoms with E-state index >= 15 is 0 Å². The third-order valence-corrected chi connectivity index (χ3v) is 5.41. The minimum atomic E-state index is -1.52. The van der Waals surface area contributed by atoms with Crippen LogP contribution in [0.15, 0.2) is 54.6 Å². The van der Waals surface area contributed by atoms with Crippen molar-refractivity contribution >= 4 is 11.9 Å². The van der Waals surface area contributed by atoms with Gasteiger partial charge in [-0.2, -0.15) is 0 Å². The van der Waals surface area contributed by atoms with Crippen LogP contribution in [0.4, 0.5) is 0 Å². The highest BCUT2D eigenvalue weighted by Crippen LogP contribution is 2.57. The van der Waals surface area contributed by atoms with Gasteiger partial charge in [-0.1, -0.05) is 6.07 Å². The van der Waals surface area contributed by atoms with Crippen molar-refractivity contribution in [1.29, 1.82) is 0 Å². The summed E-state index contributed by atoms with van der Waals surface area (Å²) < 4.78 is 17.6. The maximum absolute atomic E-state index is 13.2. The van der Waals surface area contributed by atoms with Gasteiger partial charge in [0.25, 0.3) is 0 Å². The summed E-state index contributed by atoms with van der Waals surface area (Å²) in [7, 11) is 0. The third kappa shape index (κ3) is 2.81. The third-order valence-electron chi connectivity index (χ3n) is 5.41. The summed E-state index contributed by atoms with van der Waals surface area (Å²) in [6, 6.07) is 13.7. The number of esters is 2. The molecule has 3 aromatic rings. The molecule has 0 saturated heterocycles. The van der Waals surface area contributed by atoms with Crippen LogP contribution in [0.5, 0.6) is 23.0 Å². The van der Waals surface area contributed by atoms with Gasteiger partial charge in [0.1, 0.15) is 28.6 Å². The number of carbonyl (C=O) groups excluding carboxylic acids is 2. The van der Waals surface area contributed by atoms with E-state index in [0.29, 0.717) is 16.7 Å².